The molecule has 1 aliphatic rings. The van der Waals surface area contributed by atoms with Crippen LogP contribution in [0.1, 0.15) is 17.9 Å². The molecule has 1 fully saturated rings. The number of rotatable bonds is 3. The summed E-state index contributed by atoms with van der Waals surface area (Å²) in [6.07, 6.45) is 1.05. The summed E-state index contributed by atoms with van der Waals surface area (Å²) in [5.74, 6) is 2.21. The van der Waals surface area contributed by atoms with E-state index in [1.54, 1.807) is 14.2 Å². The van der Waals surface area contributed by atoms with E-state index in [2.05, 4.69) is 0 Å². The molecule has 1 aromatic carbocycles. The van der Waals surface area contributed by atoms with Gasteiger partial charge in [0.05, 0.1) is 14.2 Å². The van der Waals surface area contributed by atoms with Crippen molar-refractivity contribution in [1.29, 1.82) is 0 Å². The van der Waals surface area contributed by atoms with E-state index in [9.17, 15) is 0 Å². The lowest BCUT2D eigenvalue weighted by atomic mass is 10.1. The van der Waals surface area contributed by atoms with Gasteiger partial charge in [-0.25, -0.2) is 0 Å². The summed E-state index contributed by atoms with van der Waals surface area (Å²) in [5, 5.41) is 0. The summed E-state index contributed by atoms with van der Waals surface area (Å²) in [6, 6.07) is 6.13. The molecule has 1 aliphatic carbocycles. The SMILES string of the molecule is COc1ccc(OC)c([C@@H]2C[C@@H]2N)c1. The first-order valence-corrected chi connectivity index (χ1v) is 4.73. The molecule has 0 aromatic heterocycles. The standard InChI is InChI=1S/C11H15NO2/c1-13-7-3-4-11(14-2)9(5-7)8-6-10(8)12/h3-5,8,10H,6,12H2,1-2H3/t8-,10-/m0/s1. The quantitative estimate of drug-likeness (QED) is 0.791. The third-order valence-corrected chi connectivity index (χ3v) is 2.68. The Morgan fingerprint density at radius 2 is 2.00 bits per heavy atom. The van der Waals surface area contributed by atoms with Crippen LogP contribution in [0.15, 0.2) is 18.2 Å². The van der Waals surface area contributed by atoms with Gasteiger partial charge in [0.1, 0.15) is 11.5 Å². The molecule has 0 unspecified atom stereocenters. The van der Waals surface area contributed by atoms with Crippen molar-refractivity contribution in [2.45, 2.75) is 18.4 Å². The molecule has 14 heavy (non-hydrogen) atoms. The van der Waals surface area contributed by atoms with Crippen LogP contribution < -0.4 is 15.2 Å². The maximum absolute atomic E-state index is 5.82. The highest BCUT2D eigenvalue weighted by Crippen LogP contribution is 2.44. The Morgan fingerprint density at radius 3 is 2.50 bits per heavy atom. The van der Waals surface area contributed by atoms with Crippen LogP contribution in [-0.2, 0) is 0 Å². The molecule has 3 nitrogen and oxygen atoms in total. The average molecular weight is 193 g/mol. The van der Waals surface area contributed by atoms with E-state index in [0.717, 1.165) is 17.9 Å². The van der Waals surface area contributed by atoms with Crippen LogP contribution in [0.25, 0.3) is 0 Å². The highest BCUT2D eigenvalue weighted by molar-refractivity contribution is 5.45. The molecule has 2 rings (SSSR count). The van der Waals surface area contributed by atoms with Crippen molar-refractivity contribution in [3.63, 3.8) is 0 Å². The topological polar surface area (TPSA) is 44.5 Å². The third-order valence-electron chi connectivity index (χ3n) is 2.68. The second kappa shape index (κ2) is 3.50. The Hall–Kier alpha value is -1.22. The zero-order valence-corrected chi connectivity index (χ0v) is 8.49. The average Bonchev–Trinajstić information content (AvgIpc) is 2.94. The lowest BCUT2D eigenvalue weighted by Crippen LogP contribution is -2.02. The van der Waals surface area contributed by atoms with E-state index in [0.29, 0.717) is 5.92 Å². The molecule has 2 N–H and O–H groups in total. The Bertz CT molecular complexity index is 338. The van der Waals surface area contributed by atoms with E-state index >= 15 is 0 Å². The van der Waals surface area contributed by atoms with Gasteiger partial charge < -0.3 is 15.2 Å². The minimum absolute atomic E-state index is 0.288. The normalized spacial score (nSPS) is 24.5. The minimum atomic E-state index is 0.288. The molecule has 2 atom stereocenters. The Kier molecular flexibility index (Phi) is 2.33. The van der Waals surface area contributed by atoms with Crippen molar-refractivity contribution in [2.75, 3.05) is 14.2 Å². The first-order chi connectivity index (χ1) is 6.76. The lowest BCUT2D eigenvalue weighted by Gasteiger charge is -2.09. The zero-order chi connectivity index (χ0) is 10.1. The Labute approximate surface area is 83.8 Å². The van der Waals surface area contributed by atoms with Gasteiger partial charge in [-0.1, -0.05) is 0 Å². The van der Waals surface area contributed by atoms with Gasteiger partial charge in [0.25, 0.3) is 0 Å². The maximum Gasteiger partial charge on any atom is 0.122 e. The monoisotopic (exact) mass is 193 g/mol. The van der Waals surface area contributed by atoms with Crippen molar-refractivity contribution in [1.82, 2.24) is 0 Å². The van der Waals surface area contributed by atoms with Crippen molar-refractivity contribution in [3.05, 3.63) is 23.8 Å². The predicted molar refractivity (Wildman–Crippen MR) is 54.9 cm³/mol. The molecule has 0 radical (unpaired) electrons. The molecule has 1 saturated carbocycles. The predicted octanol–water partition coefficient (Wildman–Crippen LogP) is 1.52. The van der Waals surface area contributed by atoms with Gasteiger partial charge in [0, 0.05) is 17.5 Å². The van der Waals surface area contributed by atoms with Gasteiger partial charge in [-0.05, 0) is 24.6 Å². The van der Waals surface area contributed by atoms with Crippen LogP contribution in [-0.4, -0.2) is 20.3 Å². The third kappa shape index (κ3) is 1.55. The molecule has 0 saturated heterocycles. The Morgan fingerprint density at radius 1 is 1.29 bits per heavy atom. The van der Waals surface area contributed by atoms with Gasteiger partial charge in [0.2, 0.25) is 0 Å². The number of methoxy groups -OCH3 is 2. The van der Waals surface area contributed by atoms with E-state index in [1.165, 1.54) is 5.56 Å². The fourth-order valence-corrected chi connectivity index (χ4v) is 1.70. The summed E-state index contributed by atoms with van der Waals surface area (Å²) in [5.41, 5.74) is 6.98. The summed E-state index contributed by atoms with van der Waals surface area (Å²) in [4.78, 5) is 0. The summed E-state index contributed by atoms with van der Waals surface area (Å²) < 4.78 is 10.5. The summed E-state index contributed by atoms with van der Waals surface area (Å²) in [7, 11) is 3.34. The second-order valence-electron chi connectivity index (χ2n) is 3.61. The lowest BCUT2D eigenvalue weighted by molar-refractivity contribution is 0.398. The largest absolute Gasteiger partial charge is 0.497 e. The van der Waals surface area contributed by atoms with Crippen LogP contribution in [0.5, 0.6) is 11.5 Å². The number of nitrogens with two attached hydrogens (primary N) is 1. The first kappa shape index (κ1) is 9.34. The van der Waals surface area contributed by atoms with Crippen molar-refractivity contribution >= 4 is 0 Å². The van der Waals surface area contributed by atoms with Crippen molar-refractivity contribution in [3.8, 4) is 11.5 Å². The fourth-order valence-electron chi connectivity index (χ4n) is 1.70. The van der Waals surface area contributed by atoms with Gasteiger partial charge in [-0.3, -0.25) is 0 Å². The van der Waals surface area contributed by atoms with Gasteiger partial charge in [-0.15, -0.1) is 0 Å². The Balaban J connectivity index is 2.33. The van der Waals surface area contributed by atoms with Crippen LogP contribution in [0.4, 0.5) is 0 Å². The molecular weight excluding hydrogens is 178 g/mol. The van der Waals surface area contributed by atoms with E-state index < -0.39 is 0 Å². The van der Waals surface area contributed by atoms with Crippen molar-refractivity contribution < 1.29 is 9.47 Å². The number of benzene rings is 1. The summed E-state index contributed by atoms with van der Waals surface area (Å²) >= 11 is 0. The minimum Gasteiger partial charge on any atom is -0.497 e. The zero-order valence-electron chi connectivity index (χ0n) is 8.49. The van der Waals surface area contributed by atoms with Crippen molar-refractivity contribution in [2.24, 2.45) is 5.73 Å². The summed E-state index contributed by atoms with van der Waals surface area (Å²) in [6.45, 7) is 0. The van der Waals surface area contributed by atoms with Crippen LogP contribution in [0.3, 0.4) is 0 Å². The highest BCUT2D eigenvalue weighted by atomic mass is 16.5. The van der Waals surface area contributed by atoms with Crippen LogP contribution in [0.2, 0.25) is 0 Å². The first-order valence-electron chi connectivity index (χ1n) is 4.73. The van der Waals surface area contributed by atoms with Gasteiger partial charge >= 0.3 is 0 Å². The maximum atomic E-state index is 5.82. The van der Waals surface area contributed by atoms with E-state index in [-0.39, 0.29) is 6.04 Å². The number of hydrogen-bond acceptors (Lipinski definition) is 3. The van der Waals surface area contributed by atoms with Gasteiger partial charge in [-0.2, -0.15) is 0 Å². The van der Waals surface area contributed by atoms with E-state index in [4.69, 9.17) is 15.2 Å². The molecular formula is C11H15NO2. The molecule has 76 valence electrons. The van der Waals surface area contributed by atoms with E-state index in [1.807, 2.05) is 18.2 Å². The van der Waals surface area contributed by atoms with Crippen LogP contribution in [0, 0.1) is 0 Å². The highest BCUT2D eigenvalue weighted by Gasteiger charge is 2.37. The van der Waals surface area contributed by atoms with Gasteiger partial charge in [0.15, 0.2) is 0 Å². The second-order valence-corrected chi connectivity index (χ2v) is 3.61. The molecule has 0 heterocycles. The fraction of sp³-hybridized carbons (Fsp3) is 0.455. The molecule has 0 bridgehead atoms. The smallest absolute Gasteiger partial charge is 0.122 e. The molecule has 0 amide bonds. The number of hydrogen-bond donors (Lipinski definition) is 1. The number of ether oxygens (including phenoxy) is 2. The molecule has 1 aromatic rings. The molecule has 3 heteroatoms. The molecule has 0 spiro atoms. The van der Waals surface area contributed by atoms with Crippen LogP contribution >= 0.6 is 0 Å². The molecule has 0 aliphatic heterocycles.